The number of nitrogens with one attached hydrogen (secondary N) is 1. The molecule has 0 radical (unpaired) electrons. The molecule has 1 aliphatic heterocycles. The average molecular weight is 445 g/mol. The number of fused-ring (bicyclic) bond motifs is 1. The van der Waals surface area contributed by atoms with E-state index in [0.717, 1.165) is 24.0 Å². The highest BCUT2D eigenvalue weighted by Crippen LogP contribution is 2.32. The summed E-state index contributed by atoms with van der Waals surface area (Å²) in [5.74, 6) is 1.15. The van der Waals surface area contributed by atoms with E-state index in [1.165, 1.54) is 0 Å². The number of ether oxygens (including phenoxy) is 2. The largest absolute Gasteiger partial charge is 0.454 e. The Morgan fingerprint density at radius 2 is 1.94 bits per heavy atom. The second kappa shape index (κ2) is 11.0. The summed E-state index contributed by atoms with van der Waals surface area (Å²) in [6, 6.07) is 12.5. The molecule has 1 aliphatic rings. The number of hydrogen-bond donors (Lipinski definition) is 1. The number of amides is 2. The van der Waals surface area contributed by atoms with Crippen LogP contribution in [0.1, 0.15) is 44.2 Å². The number of aryl methyl sites for hydroxylation is 1. The van der Waals surface area contributed by atoms with E-state index in [-0.39, 0.29) is 31.6 Å². The Kier molecular flexibility index (Phi) is 8.18. The monoisotopic (exact) mass is 444 g/mol. The summed E-state index contributed by atoms with van der Waals surface area (Å²) in [5.41, 5.74) is 1.80. The molecule has 2 aromatic carbocycles. The summed E-state index contributed by atoms with van der Waals surface area (Å²) in [6.07, 6.45) is 2.71. The molecule has 0 aliphatic carbocycles. The Morgan fingerprint density at radius 3 is 2.71 bits per heavy atom. The van der Waals surface area contributed by atoms with E-state index in [1.54, 1.807) is 17.9 Å². The van der Waals surface area contributed by atoms with E-state index >= 15 is 0 Å². The van der Waals surface area contributed by atoms with Gasteiger partial charge in [-0.1, -0.05) is 49.2 Å². The van der Waals surface area contributed by atoms with Crippen molar-refractivity contribution in [1.29, 1.82) is 0 Å². The van der Waals surface area contributed by atoms with Gasteiger partial charge in [0.25, 0.3) is 0 Å². The Hall–Kier alpha value is -2.73. The number of halogens is 1. The van der Waals surface area contributed by atoms with Crippen molar-refractivity contribution in [3.8, 4) is 11.5 Å². The average Bonchev–Trinajstić information content (AvgIpc) is 3.24. The van der Waals surface area contributed by atoms with Crippen LogP contribution in [0, 0.1) is 0 Å². The summed E-state index contributed by atoms with van der Waals surface area (Å²) in [5, 5.41) is 3.50. The SMILES string of the molecule is CCCCNC(=O)[C@@H](C)N(Cc1ccccc1Cl)C(=O)CCc1ccc2c(c1)OCO2. The van der Waals surface area contributed by atoms with Crippen LogP contribution >= 0.6 is 11.6 Å². The van der Waals surface area contributed by atoms with Crippen LogP contribution in [0.2, 0.25) is 5.02 Å². The summed E-state index contributed by atoms with van der Waals surface area (Å²) in [6.45, 7) is 4.93. The first-order valence-electron chi connectivity index (χ1n) is 10.7. The maximum Gasteiger partial charge on any atom is 0.242 e. The number of carbonyl (C=O) groups excluding carboxylic acids is 2. The van der Waals surface area contributed by atoms with Gasteiger partial charge < -0.3 is 19.7 Å². The number of unbranched alkanes of at least 4 members (excludes halogenated alkanes) is 1. The molecule has 31 heavy (non-hydrogen) atoms. The van der Waals surface area contributed by atoms with Crippen molar-refractivity contribution in [3.05, 3.63) is 58.6 Å². The van der Waals surface area contributed by atoms with Crippen LogP contribution in [0.5, 0.6) is 11.5 Å². The molecule has 1 heterocycles. The number of benzene rings is 2. The van der Waals surface area contributed by atoms with Gasteiger partial charge in [-0.2, -0.15) is 0 Å². The van der Waals surface area contributed by atoms with Crippen molar-refractivity contribution in [2.45, 2.75) is 52.1 Å². The van der Waals surface area contributed by atoms with E-state index in [2.05, 4.69) is 12.2 Å². The van der Waals surface area contributed by atoms with Crippen LogP contribution in [0.15, 0.2) is 42.5 Å². The van der Waals surface area contributed by atoms with Crippen LogP contribution in [0.4, 0.5) is 0 Å². The molecule has 1 N–H and O–H groups in total. The second-order valence-electron chi connectivity index (χ2n) is 7.62. The van der Waals surface area contributed by atoms with Crippen LogP contribution in [0.3, 0.4) is 0 Å². The van der Waals surface area contributed by atoms with Gasteiger partial charge in [0.2, 0.25) is 18.6 Å². The van der Waals surface area contributed by atoms with Crippen molar-refractivity contribution in [3.63, 3.8) is 0 Å². The maximum absolute atomic E-state index is 13.2. The molecule has 2 amide bonds. The highest BCUT2D eigenvalue weighted by atomic mass is 35.5. The molecule has 1 atom stereocenters. The molecule has 2 aromatic rings. The predicted molar refractivity (Wildman–Crippen MR) is 120 cm³/mol. The highest BCUT2D eigenvalue weighted by Gasteiger charge is 2.26. The third kappa shape index (κ3) is 6.14. The predicted octanol–water partition coefficient (Wildman–Crippen LogP) is 4.33. The van der Waals surface area contributed by atoms with Gasteiger partial charge in [-0.05, 0) is 49.1 Å². The van der Waals surface area contributed by atoms with Crippen LogP contribution in [-0.4, -0.2) is 36.1 Å². The molecular formula is C24H29ClN2O4. The first-order chi connectivity index (χ1) is 15.0. The fraction of sp³-hybridized carbons (Fsp3) is 0.417. The molecule has 0 unspecified atom stereocenters. The first-order valence-corrected chi connectivity index (χ1v) is 11.1. The Balaban J connectivity index is 1.70. The minimum absolute atomic E-state index is 0.101. The summed E-state index contributed by atoms with van der Waals surface area (Å²) >= 11 is 6.32. The minimum Gasteiger partial charge on any atom is -0.454 e. The Labute approximate surface area is 188 Å². The van der Waals surface area contributed by atoms with Crippen molar-refractivity contribution >= 4 is 23.4 Å². The molecule has 0 saturated carbocycles. The number of rotatable bonds is 10. The van der Waals surface area contributed by atoms with Crippen molar-refractivity contribution in [1.82, 2.24) is 10.2 Å². The molecular weight excluding hydrogens is 416 g/mol. The van der Waals surface area contributed by atoms with E-state index in [4.69, 9.17) is 21.1 Å². The normalized spacial score (nSPS) is 13.0. The van der Waals surface area contributed by atoms with Gasteiger partial charge in [-0.15, -0.1) is 0 Å². The highest BCUT2D eigenvalue weighted by molar-refractivity contribution is 6.31. The van der Waals surface area contributed by atoms with E-state index < -0.39 is 6.04 Å². The molecule has 6 nitrogen and oxygen atoms in total. The first kappa shape index (κ1) is 22.9. The molecule has 3 rings (SSSR count). The molecule has 166 valence electrons. The molecule has 7 heteroatoms. The van der Waals surface area contributed by atoms with Gasteiger partial charge in [0.15, 0.2) is 11.5 Å². The third-order valence-electron chi connectivity index (χ3n) is 5.36. The van der Waals surface area contributed by atoms with Gasteiger partial charge >= 0.3 is 0 Å². The lowest BCUT2D eigenvalue weighted by molar-refractivity contribution is -0.140. The van der Waals surface area contributed by atoms with Gasteiger partial charge in [-0.25, -0.2) is 0 Å². The van der Waals surface area contributed by atoms with Gasteiger partial charge in [0.05, 0.1) is 0 Å². The van der Waals surface area contributed by atoms with E-state index in [9.17, 15) is 9.59 Å². The number of hydrogen-bond acceptors (Lipinski definition) is 4. The van der Waals surface area contributed by atoms with Gasteiger partial charge in [0.1, 0.15) is 6.04 Å². The molecule has 0 saturated heterocycles. The lowest BCUT2D eigenvalue weighted by Gasteiger charge is -2.29. The smallest absolute Gasteiger partial charge is 0.242 e. The lowest BCUT2D eigenvalue weighted by Crippen LogP contribution is -2.47. The van der Waals surface area contributed by atoms with Gasteiger partial charge in [-0.3, -0.25) is 9.59 Å². The van der Waals surface area contributed by atoms with Crippen molar-refractivity contribution in [2.24, 2.45) is 0 Å². The Bertz CT molecular complexity index is 918. The van der Waals surface area contributed by atoms with Crippen LogP contribution in [-0.2, 0) is 22.6 Å². The van der Waals surface area contributed by atoms with Crippen LogP contribution < -0.4 is 14.8 Å². The number of carbonyl (C=O) groups is 2. The van der Waals surface area contributed by atoms with E-state index in [0.29, 0.717) is 29.5 Å². The van der Waals surface area contributed by atoms with Gasteiger partial charge in [0, 0.05) is 24.5 Å². The van der Waals surface area contributed by atoms with Crippen LogP contribution in [0.25, 0.3) is 0 Å². The molecule has 0 fully saturated rings. The zero-order valence-corrected chi connectivity index (χ0v) is 18.8. The maximum atomic E-state index is 13.2. The zero-order valence-electron chi connectivity index (χ0n) is 18.0. The fourth-order valence-electron chi connectivity index (χ4n) is 3.42. The topological polar surface area (TPSA) is 67.9 Å². The Morgan fingerprint density at radius 1 is 1.16 bits per heavy atom. The molecule has 0 bridgehead atoms. The quantitative estimate of drug-likeness (QED) is 0.553. The third-order valence-corrected chi connectivity index (χ3v) is 5.73. The van der Waals surface area contributed by atoms with E-state index in [1.807, 2.05) is 36.4 Å². The fourth-order valence-corrected chi connectivity index (χ4v) is 3.62. The minimum atomic E-state index is -0.600. The zero-order chi connectivity index (χ0) is 22.2. The molecule has 0 spiro atoms. The second-order valence-corrected chi connectivity index (χ2v) is 8.03. The lowest BCUT2D eigenvalue weighted by atomic mass is 10.1. The summed E-state index contributed by atoms with van der Waals surface area (Å²) in [7, 11) is 0. The number of nitrogens with zero attached hydrogens (tertiary/aromatic N) is 1. The standard InChI is InChI=1S/C24H29ClN2O4/c1-3-4-13-26-24(29)17(2)27(15-19-7-5-6-8-20(19)25)23(28)12-10-18-9-11-21-22(14-18)31-16-30-21/h5-9,11,14,17H,3-4,10,12-13,15-16H2,1-2H3,(H,26,29)/t17-/m1/s1. The summed E-state index contributed by atoms with van der Waals surface area (Å²) in [4.78, 5) is 27.5. The van der Waals surface area contributed by atoms with Crippen molar-refractivity contribution < 1.29 is 19.1 Å². The molecule has 0 aromatic heterocycles. The summed E-state index contributed by atoms with van der Waals surface area (Å²) < 4.78 is 10.8. The van der Waals surface area contributed by atoms with Crippen molar-refractivity contribution in [2.75, 3.05) is 13.3 Å².